The molecular weight excluding hydrogens is 140 g/mol. The van der Waals surface area contributed by atoms with Crippen molar-refractivity contribution in [2.24, 2.45) is 5.92 Å². The molecule has 0 saturated heterocycles. The summed E-state index contributed by atoms with van der Waals surface area (Å²) in [5, 5.41) is 8.42. The summed E-state index contributed by atoms with van der Waals surface area (Å²) < 4.78 is 0. The third kappa shape index (κ3) is 7.53. The van der Waals surface area contributed by atoms with Crippen molar-refractivity contribution in [1.29, 1.82) is 0 Å². The van der Waals surface area contributed by atoms with E-state index in [4.69, 9.17) is 5.11 Å². The highest BCUT2D eigenvalue weighted by molar-refractivity contribution is 5.78. The van der Waals surface area contributed by atoms with Crippen LogP contribution in [0.2, 0.25) is 0 Å². The van der Waals surface area contributed by atoms with Crippen molar-refractivity contribution in [3.63, 3.8) is 0 Å². The van der Waals surface area contributed by atoms with Crippen LogP contribution in [0.4, 0.5) is 0 Å². The Bertz CT molecular complexity index is 108. The van der Waals surface area contributed by atoms with E-state index in [0.717, 1.165) is 12.8 Å². The number of hydrogen-bond acceptors (Lipinski definition) is 2. The first-order chi connectivity index (χ1) is 5.16. The molecule has 0 aromatic heterocycles. The molecule has 0 saturated carbocycles. The van der Waals surface area contributed by atoms with Gasteiger partial charge in [-0.15, -0.1) is 0 Å². The molecule has 0 unspecified atom stereocenters. The van der Waals surface area contributed by atoms with E-state index in [9.17, 15) is 4.79 Å². The Morgan fingerprint density at radius 1 is 1.36 bits per heavy atom. The molecule has 0 heterocycles. The summed E-state index contributed by atoms with van der Waals surface area (Å²) in [5.41, 5.74) is 0. The van der Waals surface area contributed by atoms with Crippen LogP contribution < -0.4 is 0 Å². The lowest BCUT2D eigenvalue weighted by atomic mass is 10.0. The van der Waals surface area contributed by atoms with E-state index < -0.39 is 0 Å². The first-order valence-electron chi connectivity index (χ1n) is 4.29. The molecule has 0 rings (SSSR count). The van der Waals surface area contributed by atoms with Gasteiger partial charge < -0.3 is 5.11 Å². The molecule has 11 heavy (non-hydrogen) atoms. The number of aliphatic hydroxyl groups is 1. The van der Waals surface area contributed by atoms with E-state index in [1.165, 1.54) is 0 Å². The number of hydrogen-bond donors (Lipinski definition) is 1. The van der Waals surface area contributed by atoms with E-state index >= 15 is 0 Å². The molecule has 0 atom stereocenters. The smallest absolute Gasteiger partial charge is 0.135 e. The largest absolute Gasteiger partial charge is 0.396 e. The third-order valence-corrected chi connectivity index (χ3v) is 1.63. The van der Waals surface area contributed by atoms with Crippen LogP contribution in [0.5, 0.6) is 0 Å². The lowest BCUT2D eigenvalue weighted by Gasteiger charge is -2.02. The Morgan fingerprint density at radius 3 is 2.45 bits per heavy atom. The molecule has 0 bridgehead atoms. The van der Waals surface area contributed by atoms with Gasteiger partial charge in [0.15, 0.2) is 0 Å². The average molecular weight is 158 g/mol. The maximum absolute atomic E-state index is 10.9. The van der Waals surface area contributed by atoms with Crippen molar-refractivity contribution in [3.8, 4) is 0 Å². The minimum Gasteiger partial charge on any atom is -0.396 e. The second kappa shape index (κ2) is 6.35. The summed E-state index contributed by atoms with van der Waals surface area (Å²) in [4.78, 5) is 10.9. The van der Waals surface area contributed by atoms with Gasteiger partial charge in [-0.05, 0) is 12.3 Å². The Labute approximate surface area is 68.6 Å². The van der Waals surface area contributed by atoms with Crippen LogP contribution in [0.3, 0.4) is 0 Å². The molecule has 1 N–H and O–H groups in total. The number of rotatable bonds is 6. The van der Waals surface area contributed by atoms with Gasteiger partial charge in [0.1, 0.15) is 5.78 Å². The van der Waals surface area contributed by atoms with E-state index in [-0.39, 0.29) is 12.4 Å². The van der Waals surface area contributed by atoms with Crippen LogP contribution in [0.15, 0.2) is 0 Å². The fraction of sp³-hybridized carbons (Fsp3) is 0.889. The summed E-state index contributed by atoms with van der Waals surface area (Å²) in [6.45, 7) is 4.30. The number of aliphatic hydroxyl groups excluding tert-OH is 1. The minimum absolute atomic E-state index is 0.000508. The molecule has 0 aliphatic carbocycles. The molecule has 0 fully saturated rings. The molecule has 0 aromatic rings. The van der Waals surface area contributed by atoms with Crippen LogP contribution in [0.1, 0.15) is 39.5 Å². The van der Waals surface area contributed by atoms with Gasteiger partial charge in [-0.1, -0.05) is 20.3 Å². The van der Waals surface area contributed by atoms with E-state index in [2.05, 4.69) is 13.8 Å². The second-order valence-corrected chi connectivity index (χ2v) is 3.30. The van der Waals surface area contributed by atoms with E-state index in [0.29, 0.717) is 18.8 Å². The Balaban J connectivity index is 3.17. The van der Waals surface area contributed by atoms with Gasteiger partial charge in [-0.2, -0.15) is 0 Å². The zero-order valence-electron chi connectivity index (χ0n) is 7.47. The van der Waals surface area contributed by atoms with Crippen LogP contribution in [-0.2, 0) is 4.79 Å². The molecule has 0 aliphatic rings. The average Bonchev–Trinajstić information content (AvgIpc) is 1.87. The first kappa shape index (κ1) is 10.6. The van der Waals surface area contributed by atoms with Crippen LogP contribution in [0.25, 0.3) is 0 Å². The highest BCUT2D eigenvalue weighted by Crippen LogP contribution is 2.06. The van der Waals surface area contributed by atoms with Gasteiger partial charge in [-0.3, -0.25) is 4.79 Å². The standard InChI is InChI=1S/C9H18O2/c1-8(2)4-3-5-9(11)6-7-10/h8,10H,3-7H2,1-2H3. The van der Waals surface area contributed by atoms with Crippen molar-refractivity contribution >= 4 is 5.78 Å². The van der Waals surface area contributed by atoms with Crippen LogP contribution in [0, 0.1) is 5.92 Å². The first-order valence-corrected chi connectivity index (χ1v) is 4.29. The van der Waals surface area contributed by atoms with Gasteiger partial charge in [-0.25, -0.2) is 0 Å². The van der Waals surface area contributed by atoms with Crippen molar-refractivity contribution in [1.82, 2.24) is 0 Å². The number of carbonyl (C=O) groups is 1. The zero-order valence-corrected chi connectivity index (χ0v) is 7.47. The highest BCUT2D eigenvalue weighted by atomic mass is 16.3. The predicted molar refractivity (Wildman–Crippen MR) is 45.4 cm³/mol. The fourth-order valence-electron chi connectivity index (χ4n) is 0.957. The Kier molecular flexibility index (Phi) is 6.13. The van der Waals surface area contributed by atoms with Crippen molar-refractivity contribution < 1.29 is 9.90 Å². The lowest BCUT2D eigenvalue weighted by molar-refractivity contribution is -0.119. The molecule has 2 heteroatoms. The maximum Gasteiger partial charge on any atom is 0.135 e. The molecule has 0 aromatic carbocycles. The molecule has 0 radical (unpaired) electrons. The third-order valence-electron chi connectivity index (χ3n) is 1.63. The summed E-state index contributed by atoms with van der Waals surface area (Å²) in [7, 11) is 0. The molecule has 0 aliphatic heterocycles. The number of Topliss-reactive ketones (excluding diaryl/α,β-unsaturated/α-hetero) is 1. The van der Waals surface area contributed by atoms with Gasteiger partial charge >= 0.3 is 0 Å². The lowest BCUT2D eigenvalue weighted by Crippen LogP contribution is -2.01. The summed E-state index contributed by atoms with van der Waals surface area (Å²) in [6.07, 6.45) is 3.05. The van der Waals surface area contributed by atoms with Gasteiger partial charge in [0.25, 0.3) is 0 Å². The number of ketones is 1. The van der Waals surface area contributed by atoms with Crippen LogP contribution >= 0.6 is 0 Å². The summed E-state index contributed by atoms with van der Waals surface area (Å²) in [6, 6.07) is 0. The Hall–Kier alpha value is -0.370. The molecule has 0 amide bonds. The predicted octanol–water partition coefficient (Wildman–Crippen LogP) is 1.76. The molecule has 0 spiro atoms. The summed E-state index contributed by atoms with van der Waals surface area (Å²) >= 11 is 0. The minimum atomic E-state index is 0.000508. The van der Waals surface area contributed by atoms with Crippen molar-refractivity contribution in [2.45, 2.75) is 39.5 Å². The maximum atomic E-state index is 10.9. The quantitative estimate of drug-likeness (QED) is 0.639. The molecule has 66 valence electrons. The Morgan fingerprint density at radius 2 is 2.00 bits per heavy atom. The van der Waals surface area contributed by atoms with E-state index in [1.807, 2.05) is 0 Å². The topological polar surface area (TPSA) is 37.3 Å². The highest BCUT2D eigenvalue weighted by Gasteiger charge is 2.01. The van der Waals surface area contributed by atoms with Crippen molar-refractivity contribution in [2.75, 3.05) is 6.61 Å². The van der Waals surface area contributed by atoms with E-state index in [1.54, 1.807) is 0 Å². The SMILES string of the molecule is CC(C)CCCC(=O)CCO. The monoisotopic (exact) mass is 158 g/mol. The van der Waals surface area contributed by atoms with Crippen molar-refractivity contribution in [3.05, 3.63) is 0 Å². The van der Waals surface area contributed by atoms with Gasteiger partial charge in [0, 0.05) is 19.4 Å². The molecule has 2 nitrogen and oxygen atoms in total. The normalized spacial score (nSPS) is 10.5. The second-order valence-electron chi connectivity index (χ2n) is 3.30. The zero-order chi connectivity index (χ0) is 8.69. The number of carbonyl (C=O) groups excluding carboxylic acids is 1. The van der Waals surface area contributed by atoms with Gasteiger partial charge in [0.2, 0.25) is 0 Å². The fourth-order valence-corrected chi connectivity index (χ4v) is 0.957. The summed E-state index contributed by atoms with van der Waals surface area (Å²) in [5.74, 6) is 0.866. The van der Waals surface area contributed by atoms with Gasteiger partial charge in [0.05, 0.1) is 0 Å². The van der Waals surface area contributed by atoms with Crippen LogP contribution in [-0.4, -0.2) is 17.5 Å². The molecular formula is C9H18O2.